The SMILES string of the molecule is Cc1oc(C(=O)NCCCCN)cc1S(=O)(=O)N(C)C. The number of aryl methyl sites for hydroxylation is 1. The molecule has 1 rings (SSSR count). The summed E-state index contributed by atoms with van der Waals surface area (Å²) < 4.78 is 30.3. The average molecular weight is 303 g/mol. The Balaban J connectivity index is 2.82. The first kappa shape index (κ1) is 16.7. The smallest absolute Gasteiger partial charge is 0.287 e. The van der Waals surface area contributed by atoms with Crippen LogP contribution in [0.3, 0.4) is 0 Å². The fourth-order valence-electron chi connectivity index (χ4n) is 1.59. The maximum atomic E-state index is 12.0. The van der Waals surface area contributed by atoms with Crippen molar-refractivity contribution < 1.29 is 17.6 Å². The number of nitrogens with one attached hydrogen (secondary N) is 1. The van der Waals surface area contributed by atoms with Crippen LogP contribution in [-0.2, 0) is 10.0 Å². The molecule has 0 bridgehead atoms. The maximum absolute atomic E-state index is 12.0. The van der Waals surface area contributed by atoms with E-state index in [0.717, 1.165) is 17.1 Å². The second-order valence-corrected chi connectivity index (χ2v) is 6.69. The first-order valence-corrected chi connectivity index (χ1v) is 7.76. The fourth-order valence-corrected chi connectivity index (χ4v) is 2.64. The van der Waals surface area contributed by atoms with E-state index in [0.29, 0.717) is 13.1 Å². The van der Waals surface area contributed by atoms with Crippen LogP contribution in [0.4, 0.5) is 0 Å². The van der Waals surface area contributed by atoms with Gasteiger partial charge in [-0.05, 0) is 26.3 Å². The van der Waals surface area contributed by atoms with Gasteiger partial charge in [-0.1, -0.05) is 0 Å². The Morgan fingerprint density at radius 3 is 2.60 bits per heavy atom. The van der Waals surface area contributed by atoms with E-state index in [9.17, 15) is 13.2 Å². The van der Waals surface area contributed by atoms with Gasteiger partial charge in [0.15, 0.2) is 5.76 Å². The van der Waals surface area contributed by atoms with Crippen molar-refractivity contribution in [3.05, 3.63) is 17.6 Å². The van der Waals surface area contributed by atoms with Crippen molar-refractivity contribution in [1.29, 1.82) is 0 Å². The van der Waals surface area contributed by atoms with Crippen LogP contribution in [0.1, 0.15) is 29.2 Å². The molecule has 0 aliphatic heterocycles. The summed E-state index contributed by atoms with van der Waals surface area (Å²) in [5.74, 6) is -0.230. The molecule has 0 unspecified atom stereocenters. The number of hydrogen-bond acceptors (Lipinski definition) is 5. The summed E-state index contributed by atoms with van der Waals surface area (Å²) >= 11 is 0. The van der Waals surface area contributed by atoms with Crippen molar-refractivity contribution in [2.45, 2.75) is 24.7 Å². The maximum Gasteiger partial charge on any atom is 0.287 e. The number of rotatable bonds is 7. The lowest BCUT2D eigenvalue weighted by molar-refractivity contribution is 0.0924. The van der Waals surface area contributed by atoms with E-state index < -0.39 is 15.9 Å². The van der Waals surface area contributed by atoms with Gasteiger partial charge in [-0.2, -0.15) is 0 Å². The Morgan fingerprint density at radius 1 is 1.40 bits per heavy atom. The molecule has 0 radical (unpaired) electrons. The molecule has 1 aromatic heterocycles. The van der Waals surface area contributed by atoms with E-state index in [1.807, 2.05) is 0 Å². The summed E-state index contributed by atoms with van der Waals surface area (Å²) in [6.07, 6.45) is 1.59. The normalized spacial score (nSPS) is 11.8. The lowest BCUT2D eigenvalue weighted by Gasteiger charge is -2.09. The number of carbonyl (C=O) groups excluding carboxylic acids is 1. The van der Waals surface area contributed by atoms with E-state index in [1.54, 1.807) is 0 Å². The standard InChI is InChI=1S/C12H21N3O4S/c1-9-11(20(17,18)15(2)3)8-10(19-9)12(16)14-7-5-4-6-13/h8H,4-7,13H2,1-3H3,(H,14,16). The van der Waals surface area contributed by atoms with Crippen molar-refractivity contribution in [2.75, 3.05) is 27.2 Å². The monoisotopic (exact) mass is 303 g/mol. The molecule has 8 heteroatoms. The second kappa shape index (κ2) is 6.87. The van der Waals surface area contributed by atoms with Crippen molar-refractivity contribution in [2.24, 2.45) is 5.73 Å². The minimum atomic E-state index is -3.61. The molecule has 0 spiro atoms. The summed E-state index contributed by atoms with van der Waals surface area (Å²) in [5, 5.41) is 2.66. The molecule has 1 aromatic rings. The molecule has 1 heterocycles. The Bertz CT molecular complexity index is 563. The number of nitrogens with two attached hydrogens (primary N) is 1. The molecule has 20 heavy (non-hydrogen) atoms. The number of unbranched alkanes of at least 4 members (excludes halogenated alkanes) is 1. The summed E-state index contributed by atoms with van der Waals surface area (Å²) in [7, 11) is -0.756. The third-order valence-electron chi connectivity index (χ3n) is 2.77. The lowest BCUT2D eigenvalue weighted by atomic mass is 10.3. The molecule has 7 nitrogen and oxygen atoms in total. The molecule has 0 aliphatic carbocycles. The molecular formula is C12H21N3O4S. The van der Waals surface area contributed by atoms with Gasteiger partial charge in [-0.15, -0.1) is 0 Å². The van der Waals surface area contributed by atoms with Crippen molar-refractivity contribution in [3.8, 4) is 0 Å². The zero-order valence-corrected chi connectivity index (χ0v) is 12.8. The van der Waals surface area contributed by atoms with Gasteiger partial charge in [0.05, 0.1) is 0 Å². The van der Waals surface area contributed by atoms with Gasteiger partial charge in [0.2, 0.25) is 10.0 Å². The Kier molecular flexibility index (Phi) is 5.73. The van der Waals surface area contributed by atoms with Gasteiger partial charge in [0.1, 0.15) is 10.7 Å². The molecule has 1 amide bonds. The van der Waals surface area contributed by atoms with E-state index >= 15 is 0 Å². The summed E-state index contributed by atoms with van der Waals surface area (Å²) in [4.78, 5) is 11.8. The predicted molar refractivity (Wildman–Crippen MR) is 74.9 cm³/mol. The van der Waals surface area contributed by atoms with Crippen LogP contribution in [-0.4, -0.2) is 45.8 Å². The van der Waals surface area contributed by atoms with E-state index in [2.05, 4.69) is 5.32 Å². The number of furan rings is 1. The van der Waals surface area contributed by atoms with Gasteiger partial charge in [-0.25, -0.2) is 12.7 Å². The topological polar surface area (TPSA) is 106 Å². The molecule has 3 N–H and O–H groups in total. The minimum Gasteiger partial charge on any atom is -0.455 e. The highest BCUT2D eigenvalue weighted by Crippen LogP contribution is 2.22. The van der Waals surface area contributed by atoms with Gasteiger partial charge < -0.3 is 15.5 Å². The summed E-state index contributed by atoms with van der Waals surface area (Å²) in [6, 6.07) is 1.25. The van der Waals surface area contributed by atoms with Crippen molar-refractivity contribution in [1.82, 2.24) is 9.62 Å². The average Bonchev–Trinajstić information content (AvgIpc) is 2.77. The highest BCUT2D eigenvalue weighted by atomic mass is 32.2. The lowest BCUT2D eigenvalue weighted by Crippen LogP contribution is -2.24. The summed E-state index contributed by atoms with van der Waals surface area (Å²) in [6.45, 7) is 2.56. The van der Waals surface area contributed by atoms with Crippen molar-refractivity contribution in [3.63, 3.8) is 0 Å². The van der Waals surface area contributed by atoms with Crippen LogP contribution in [0.2, 0.25) is 0 Å². The number of nitrogens with zero attached hydrogens (tertiary/aromatic N) is 1. The second-order valence-electron chi connectivity index (χ2n) is 4.57. The largest absolute Gasteiger partial charge is 0.455 e. The minimum absolute atomic E-state index is 0.00401. The third-order valence-corrected chi connectivity index (χ3v) is 4.69. The number of amides is 1. The first-order valence-electron chi connectivity index (χ1n) is 6.32. The van der Waals surface area contributed by atoms with Gasteiger partial charge in [0, 0.05) is 26.7 Å². The number of sulfonamides is 1. The molecule has 114 valence electrons. The predicted octanol–water partition coefficient (Wildman–Crippen LogP) is 0.307. The number of carbonyl (C=O) groups is 1. The van der Waals surface area contributed by atoms with Crippen LogP contribution in [0.5, 0.6) is 0 Å². The zero-order valence-electron chi connectivity index (χ0n) is 12.0. The molecule has 0 fully saturated rings. The van der Waals surface area contributed by atoms with Gasteiger partial charge in [-0.3, -0.25) is 4.79 Å². The van der Waals surface area contributed by atoms with Crippen LogP contribution in [0.15, 0.2) is 15.4 Å². The summed E-state index contributed by atoms with van der Waals surface area (Å²) in [5.41, 5.74) is 5.35. The Morgan fingerprint density at radius 2 is 2.05 bits per heavy atom. The molecule has 0 saturated heterocycles. The fraction of sp³-hybridized carbons (Fsp3) is 0.583. The molecule has 0 atom stereocenters. The first-order chi connectivity index (χ1) is 9.30. The molecule has 0 aliphatic rings. The molecule has 0 saturated carbocycles. The molecule has 0 aromatic carbocycles. The Hall–Kier alpha value is -1.38. The van der Waals surface area contributed by atoms with Crippen LogP contribution in [0, 0.1) is 6.92 Å². The number of hydrogen-bond donors (Lipinski definition) is 2. The van der Waals surface area contributed by atoms with Gasteiger partial charge >= 0.3 is 0 Å². The quantitative estimate of drug-likeness (QED) is 0.705. The highest BCUT2D eigenvalue weighted by Gasteiger charge is 2.25. The highest BCUT2D eigenvalue weighted by molar-refractivity contribution is 7.89. The van der Waals surface area contributed by atoms with E-state index in [4.69, 9.17) is 10.2 Å². The zero-order chi connectivity index (χ0) is 15.3. The van der Waals surface area contributed by atoms with Crippen molar-refractivity contribution >= 4 is 15.9 Å². The molecular weight excluding hydrogens is 282 g/mol. The van der Waals surface area contributed by atoms with E-state index in [1.165, 1.54) is 27.1 Å². The van der Waals surface area contributed by atoms with E-state index in [-0.39, 0.29) is 16.4 Å². The third kappa shape index (κ3) is 3.81. The van der Waals surface area contributed by atoms with Crippen LogP contribution >= 0.6 is 0 Å². The Labute approximate surface area is 119 Å². The van der Waals surface area contributed by atoms with Crippen LogP contribution < -0.4 is 11.1 Å². The van der Waals surface area contributed by atoms with Crippen LogP contribution in [0.25, 0.3) is 0 Å². The van der Waals surface area contributed by atoms with Gasteiger partial charge in [0.25, 0.3) is 5.91 Å².